The molecule has 1 fully saturated rings. The predicted molar refractivity (Wildman–Crippen MR) is 52.7 cm³/mol. The average molecular weight is 196 g/mol. The minimum absolute atomic E-state index is 0.178. The zero-order valence-electron chi connectivity index (χ0n) is 6.37. The molecule has 0 N–H and O–H groups in total. The van der Waals surface area contributed by atoms with E-state index in [1.165, 1.54) is 12.2 Å². The van der Waals surface area contributed by atoms with Crippen molar-refractivity contribution in [1.82, 2.24) is 0 Å². The Hall–Kier alpha value is 1.09. The Bertz CT molecular complexity index is 99.7. The second-order valence-corrected chi connectivity index (χ2v) is 8.66. The first-order valence-corrected chi connectivity index (χ1v) is 7.89. The van der Waals surface area contributed by atoms with E-state index in [2.05, 4.69) is 13.8 Å². The van der Waals surface area contributed by atoms with Crippen LogP contribution in [0.3, 0.4) is 0 Å². The molecule has 1 aliphatic rings. The summed E-state index contributed by atoms with van der Waals surface area (Å²) in [4.78, 5) is 0. The molecule has 4 heteroatoms. The van der Waals surface area contributed by atoms with Gasteiger partial charge in [0.2, 0.25) is 0 Å². The second-order valence-electron chi connectivity index (χ2n) is 2.18. The molecule has 0 saturated carbocycles. The molecule has 1 nitrogen and oxygen atoms in total. The molecule has 1 aliphatic heterocycles. The molecule has 2 unspecified atom stereocenters. The molecule has 1 heterocycles. The summed E-state index contributed by atoms with van der Waals surface area (Å²) in [7, 11) is 0. The number of rotatable bonds is 2. The average Bonchev–Trinajstić information content (AvgIpc) is 1.88. The van der Waals surface area contributed by atoms with E-state index in [4.69, 9.17) is 4.52 Å². The smallest absolute Gasteiger partial charge is 0.152 e. The molecule has 10 heavy (non-hydrogen) atoms. The third-order valence-electron chi connectivity index (χ3n) is 1.22. The molecule has 0 spiro atoms. The first-order chi connectivity index (χ1) is 4.83. The fourth-order valence-corrected chi connectivity index (χ4v) is 8.10. The van der Waals surface area contributed by atoms with Gasteiger partial charge in [-0.05, 0) is 13.3 Å². The summed E-state index contributed by atoms with van der Waals surface area (Å²) in [6.45, 7) is 5.06. The lowest BCUT2D eigenvalue weighted by Gasteiger charge is -2.24. The molecule has 60 valence electrons. The van der Waals surface area contributed by atoms with Gasteiger partial charge in [-0.3, -0.25) is 0 Å². The first-order valence-electron chi connectivity index (χ1n) is 3.55. The lowest BCUT2D eigenvalue weighted by atomic mass is 10.4. The van der Waals surface area contributed by atoms with E-state index in [0.717, 1.165) is 11.9 Å². The van der Waals surface area contributed by atoms with Gasteiger partial charge in [-0.1, -0.05) is 29.7 Å². The van der Waals surface area contributed by atoms with Crippen LogP contribution in [0.4, 0.5) is 0 Å². The second kappa shape index (κ2) is 4.87. The maximum Gasteiger partial charge on any atom is 0.152 e. The summed E-state index contributed by atoms with van der Waals surface area (Å²) in [5.74, 6) is 1.29. The van der Waals surface area contributed by atoms with Crippen molar-refractivity contribution in [1.29, 1.82) is 0 Å². The van der Waals surface area contributed by atoms with Crippen LogP contribution in [0.2, 0.25) is 0 Å². The number of hydrogen-bond acceptors (Lipinski definition) is 3. The highest BCUT2D eigenvalue weighted by Crippen LogP contribution is 2.66. The van der Waals surface area contributed by atoms with Crippen molar-refractivity contribution in [2.45, 2.75) is 25.5 Å². The van der Waals surface area contributed by atoms with Gasteiger partial charge in [0.05, 0.1) is 6.61 Å². The van der Waals surface area contributed by atoms with E-state index in [1.54, 1.807) is 0 Å². The maximum atomic E-state index is 5.54. The van der Waals surface area contributed by atoms with E-state index in [1.807, 2.05) is 22.8 Å². The van der Waals surface area contributed by atoms with Crippen molar-refractivity contribution in [3.63, 3.8) is 0 Å². The van der Waals surface area contributed by atoms with Crippen molar-refractivity contribution in [3.8, 4) is 0 Å². The Morgan fingerprint density at radius 1 is 1.70 bits per heavy atom. The lowest BCUT2D eigenvalue weighted by Crippen LogP contribution is -2.01. The molecule has 0 aromatic rings. The van der Waals surface area contributed by atoms with Crippen LogP contribution in [0, 0.1) is 0 Å². The molecular weight excluding hydrogens is 183 g/mol. The summed E-state index contributed by atoms with van der Waals surface area (Å²) >= 11 is 4.01. The zero-order chi connectivity index (χ0) is 7.40. The fraction of sp³-hybridized carbons (Fsp3) is 1.00. The quantitative estimate of drug-likeness (QED) is 0.625. The molecule has 2 atom stereocenters. The molecule has 0 aromatic heterocycles. The van der Waals surface area contributed by atoms with Crippen molar-refractivity contribution >= 4 is 29.3 Å². The minimum atomic E-state index is -0.178. The van der Waals surface area contributed by atoms with Gasteiger partial charge in [0.1, 0.15) is 0 Å². The third kappa shape index (κ3) is 3.00. The van der Waals surface area contributed by atoms with Crippen LogP contribution in [-0.2, 0) is 4.52 Å². The molecule has 0 radical (unpaired) electrons. The largest absolute Gasteiger partial charge is 0.339 e. The fourth-order valence-electron chi connectivity index (χ4n) is 0.696. The Morgan fingerprint density at radius 3 is 3.10 bits per heavy atom. The Labute approximate surface area is 72.0 Å². The van der Waals surface area contributed by atoms with Gasteiger partial charge in [0.15, 0.2) is 6.55 Å². The van der Waals surface area contributed by atoms with Gasteiger partial charge >= 0.3 is 0 Å². The monoisotopic (exact) mass is 196 g/mol. The maximum absolute atomic E-state index is 5.54. The Kier molecular flexibility index (Phi) is 4.47. The van der Waals surface area contributed by atoms with E-state index in [-0.39, 0.29) is 6.55 Å². The van der Waals surface area contributed by atoms with Crippen molar-refractivity contribution in [2.75, 3.05) is 12.4 Å². The molecule has 1 saturated heterocycles. The van der Waals surface area contributed by atoms with Crippen LogP contribution in [0.25, 0.3) is 0 Å². The summed E-state index contributed by atoms with van der Waals surface area (Å²) in [6, 6.07) is 0. The molecule has 0 amide bonds. The third-order valence-corrected chi connectivity index (χ3v) is 8.22. The summed E-state index contributed by atoms with van der Waals surface area (Å²) in [5.41, 5.74) is 0. The zero-order valence-corrected chi connectivity index (χ0v) is 8.90. The highest BCUT2D eigenvalue weighted by atomic mass is 33.1. The minimum Gasteiger partial charge on any atom is -0.339 e. The topological polar surface area (TPSA) is 9.23 Å². The summed E-state index contributed by atoms with van der Waals surface area (Å²) in [6.07, 6.45) is 1.35. The van der Waals surface area contributed by atoms with Crippen LogP contribution in [-0.4, -0.2) is 17.6 Å². The van der Waals surface area contributed by atoms with Gasteiger partial charge < -0.3 is 4.52 Å². The summed E-state index contributed by atoms with van der Waals surface area (Å²) < 4.78 is 5.54. The van der Waals surface area contributed by atoms with E-state index < -0.39 is 0 Å². The first kappa shape index (κ1) is 9.18. The Morgan fingerprint density at radius 2 is 2.50 bits per heavy atom. The lowest BCUT2D eigenvalue weighted by molar-refractivity contribution is 0.394. The van der Waals surface area contributed by atoms with Crippen LogP contribution < -0.4 is 0 Å². The van der Waals surface area contributed by atoms with Crippen molar-refractivity contribution < 1.29 is 4.52 Å². The van der Waals surface area contributed by atoms with Crippen molar-refractivity contribution in [2.24, 2.45) is 0 Å². The predicted octanol–water partition coefficient (Wildman–Crippen LogP) is 3.51. The van der Waals surface area contributed by atoms with E-state index >= 15 is 0 Å². The van der Waals surface area contributed by atoms with Gasteiger partial charge in [-0.15, -0.1) is 0 Å². The molecule has 0 aliphatic carbocycles. The highest BCUT2D eigenvalue weighted by molar-refractivity contribution is 8.87. The normalized spacial score (nSPS) is 34.2. The number of hydrogen-bond donors (Lipinski definition) is 0. The standard InChI is InChI=1S/C6H13OPS2/c1-3-7-8-9-5-4-6(2)10-8/h6H,3-5H2,1-2H3. The van der Waals surface area contributed by atoms with Crippen molar-refractivity contribution in [3.05, 3.63) is 0 Å². The SMILES string of the molecule is CCOP1SCCC(C)S1. The molecule has 0 aromatic carbocycles. The van der Waals surface area contributed by atoms with Crippen LogP contribution in [0.15, 0.2) is 0 Å². The van der Waals surface area contributed by atoms with Gasteiger partial charge in [0, 0.05) is 11.0 Å². The van der Waals surface area contributed by atoms with Gasteiger partial charge in [-0.25, -0.2) is 0 Å². The highest BCUT2D eigenvalue weighted by Gasteiger charge is 2.20. The van der Waals surface area contributed by atoms with Crippen LogP contribution >= 0.6 is 29.3 Å². The van der Waals surface area contributed by atoms with Crippen LogP contribution in [0.1, 0.15) is 20.3 Å². The molecule has 1 rings (SSSR count). The van der Waals surface area contributed by atoms with E-state index in [9.17, 15) is 0 Å². The molecule has 0 bridgehead atoms. The Balaban J connectivity index is 2.18. The van der Waals surface area contributed by atoms with Gasteiger partial charge in [0.25, 0.3) is 0 Å². The molecular formula is C6H13OPS2. The van der Waals surface area contributed by atoms with E-state index in [0.29, 0.717) is 0 Å². The summed E-state index contributed by atoms with van der Waals surface area (Å²) in [5, 5.41) is 0.818. The van der Waals surface area contributed by atoms with Crippen LogP contribution in [0.5, 0.6) is 0 Å². The van der Waals surface area contributed by atoms with Gasteiger partial charge in [-0.2, -0.15) is 0 Å².